The van der Waals surface area contributed by atoms with Gasteiger partial charge >= 0.3 is 7.60 Å². The largest absolute Gasteiger partial charge is 0.460 e. The highest BCUT2D eigenvalue weighted by molar-refractivity contribution is 8.20. The lowest BCUT2D eigenvalue weighted by Crippen LogP contribution is -2.33. The van der Waals surface area contributed by atoms with E-state index in [1.54, 1.807) is 6.07 Å². The molecule has 0 saturated carbocycles. The number of hydrogen-bond acceptors (Lipinski definition) is 5. The van der Waals surface area contributed by atoms with Gasteiger partial charge in [-0.3, -0.25) is 9.65 Å². The van der Waals surface area contributed by atoms with Crippen LogP contribution in [-0.2, 0) is 25.4 Å². The van der Waals surface area contributed by atoms with E-state index < -0.39 is 13.8 Å². The van der Waals surface area contributed by atoms with Gasteiger partial charge in [-0.25, -0.2) is 0 Å². The van der Waals surface area contributed by atoms with Crippen LogP contribution in [0, 0.1) is 12.3 Å². The summed E-state index contributed by atoms with van der Waals surface area (Å²) in [6, 6.07) is 33.5. The van der Waals surface area contributed by atoms with Crippen LogP contribution >= 0.6 is 25.4 Å². The maximum Gasteiger partial charge on any atom is 0.365 e. The zero-order chi connectivity index (χ0) is 30.2. The maximum atomic E-state index is 14.6. The summed E-state index contributed by atoms with van der Waals surface area (Å²) < 4.78 is 33.4. The number of fused-ring (bicyclic) bond motifs is 1. The molecule has 6 rings (SSSR count). The van der Waals surface area contributed by atoms with E-state index in [-0.39, 0.29) is 11.5 Å². The summed E-state index contributed by atoms with van der Waals surface area (Å²) in [5.74, 6) is 1.15. The van der Waals surface area contributed by atoms with Gasteiger partial charge in [0, 0.05) is 39.1 Å². The van der Waals surface area contributed by atoms with Crippen molar-refractivity contribution in [2.45, 2.75) is 33.2 Å². The second-order valence-electron chi connectivity index (χ2n) is 11.8. The molecule has 1 atom stereocenters. The predicted octanol–water partition coefficient (Wildman–Crippen LogP) is 8.74. The van der Waals surface area contributed by atoms with Crippen LogP contribution in [0.25, 0.3) is 5.31 Å². The lowest BCUT2D eigenvalue weighted by atomic mass is 9.97. The minimum absolute atomic E-state index is 0.254. The van der Waals surface area contributed by atoms with Crippen LogP contribution in [-0.4, -0.2) is 13.2 Å². The number of rotatable bonds is 6. The third-order valence-electron chi connectivity index (χ3n) is 7.66. The summed E-state index contributed by atoms with van der Waals surface area (Å²) in [6.07, 6.45) is -2.16. The van der Waals surface area contributed by atoms with Crippen molar-refractivity contribution in [1.82, 2.24) is 5.09 Å². The van der Waals surface area contributed by atoms with E-state index >= 15 is 0 Å². The van der Waals surface area contributed by atoms with Crippen LogP contribution in [0.15, 0.2) is 109 Å². The van der Waals surface area contributed by atoms with Gasteiger partial charge in [0.05, 0.1) is 19.4 Å². The minimum atomic E-state index is -3.74. The molecule has 1 N–H and O–H groups in total. The molecule has 1 unspecified atom stereocenters. The van der Waals surface area contributed by atoms with Crippen molar-refractivity contribution in [2.24, 2.45) is 5.41 Å². The molecule has 0 spiro atoms. The molecule has 0 radical (unpaired) electrons. The van der Waals surface area contributed by atoms with Crippen molar-refractivity contribution in [3.05, 3.63) is 131 Å². The molecule has 0 aromatic heterocycles. The SMILES string of the molecule is Cc1ccc(/C(=C2/CC(NP(=S)(c3ccccc3)c3ccccc3)c3cc(Cl)ccc3O2)P2(=O)OCC(C)(C)CO2)cc1. The first-order valence-electron chi connectivity index (χ1n) is 14.2. The highest BCUT2D eigenvalue weighted by Gasteiger charge is 2.44. The normalized spacial score (nSPS) is 20.5. The Hall–Kier alpha value is -2.53. The Balaban J connectivity index is 1.52. The number of ether oxygens (including phenoxy) is 1. The topological polar surface area (TPSA) is 56.8 Å². The van der Waals surface area contributed by atoms with Gasteiger partial charge in [-0.2, -0.15) is 0 Å². The van der Waals surface area contributed by atoms with E-state index in [9.17, 15) is 4.57 Å². The standard InChI is InChI=1S/C34H34ClNO4P2S/c1-24-14-16-25(17-15-24)33(42(37)38-22-34(2,3)23-39-42)32-21-30(29-20-26(35)18-19-31(29)40-32)36-41(43,27-10-6-4-7-11-27)28-12-8-5-9-13-28/h4-20,30H,21-23H2,1-3H3,(H,36,43)/b33-32+. The lowest BCUT2D eigenvalue weighted by molar-refractivity contribution is 0.0465. The third-order valence-corrected chi connectivity index (χ3v) is 14.2. The van der Waals surface area contributed by atoms with Gasteiger partial charge in [-0.1, -0.05) is 128 Å². The number of aryl methyl sites for hydroxylation is 1. The summed E-state index contributed by atoms with van der Waals surface area (Å²) in [5, 5.41) is 7.04. The number of nitrogens with one attached hydrogen (secondary N) is 1. The molecule has 2 aliphatic rings. The van der Waals surface area contributed by atoms with Crippen LogP contribution in [0.1, 0.15) is 43.0 Å². The van der Waals surface area contributed by atoms with Gasteiger partial charge in [0.1, 0.15) is 16.8 Å². The zero-order valence-electron chi connectivity index (χ0n) is 24.3. The van der Waals surface area contributed by atoms with E-state index in [0.717, 1.165) is 27.3 Å². The molecule has 2 heterocycles. The average molecular weight is 650 g/mol. The molecule has 5 nitrogen and oxygen atoms in total. The average Bonchev–Trinajstić information content (AvgIpc) is 3.01. The van der Waals surface area contributed by atoms with Crippen molar-refractivity contribution < 1.29 is 18.3 Å². The highest BCUT2D eigenvalue weighted by Crippen LogP contribution is 2.66. The first-order chi connectivity index (χ1) is 20.6. The van der Waals surface area contributed by atoms with E-state index in [1.165, 1.54) is 0 Å². The zero-order valence-corrected chi connectivity index (χ0v) is 27.7. The number of halogens is 1. The van der Waals surface area contributed by atoms with Crippen molar-refractivity contribution in [1.29, 1.82) is 0 Å². The molecule has 9 heteroatoms. The van der Waals surface area contributed by atoms with Gasteiger partial charge in [0.2, 0.25) is 0 Å². The van der Waals surface area contributed by atoms with E-state index in [0.29, 0.717) is 41.5 Å². The summed E-state index contributed by atoms with van der Waals surface area (Å²) in [7, 11) is -3.74. The van der Waals surface area contributed by atoms with Crippen molar-refractivity contribution in [3.63, 3.8) is 0 Å². The van der Waals surface area contributed by atoms with Crippen molar-refractivity contribution in [3.8, 4) is 5.75 Å². The van der Waals surface area contributed by atoms with Gasteiger partial charge in [-0.15, -0.1) is 0 Å². The molecule has 1 fully saturated rings. The summed E-state index contributed by atoms with van der Waals surface area (Å²) in [4.78, 5) is 0. The smallest absolute Gasteiger partial charge is 0.365 e. The van der Waals surface area contributed by atoms with Crippen molar-refractivity contribution in [2.75, 3.05) is 13.2 Å². The quantitative estimate of drug-likeness (QED) is 0.211. The van der Waals surface area contributed by atoms with E-state index in [2.05, 4.69) is 29.4 Å². The molecular weight excluding hydrogens is 616 g/mol. The molecular formula is C34H34ClNO4P2S. The fraction of sp³-hybridized carbons (Fsp3) is 0.235. The second kappa shape index (κ2) is 12.1. The Kier molecular flexibility index (Phi) is 8.58. The summed E-state index contributed by atoms with van der Waals surface area (Å²) in [6.45, 7) is 6.71. The minimum Gasteiger partial charge on any atom is -0.460 e. The number of benzene rings is 4. The molecule has 0 aliphatic carbocycles. The Morgan fingerprint density at radius 1 is 0.907 bits per heavy atom. The Labute approximate surface area is 263 Å². The molecule has 4 aromatic rings. The van der Waals surface area contributed by atoms with Crippen LogP contribution in [0.5, 0.6) is 5.75 Å². The molecule has 222 valence electrons. The first kappa shape index (κ1) is 30.5. The molecule has 4 aromatic carbocycles. The first-order valence-corrected chi connectivity index (χ1v) is 18.9. The second-order valence-corrected chi connectivity index (χ2v) is 18.3. The fourth-order valence-electron chi connectivity index (χ4n) is 5.32. The predicted molar refractivity (Wildman–Crippen MR) is 180 cm³/mol. The fourth-order valence-corrected chi connectivity index (χ4v) is 11.3. The van der Waals surface area contributed by atoms with Gasteiger partial charge in [-0.05, 0) is 30.7 Å². The monoisotopic (exact) mass is 649 g/mol. The van der Waals surface area contributed by atoms with Crippen molar-refractivity contribution >= 4 is 53.1 Å². The van der Waals surface area contributed by atoms with Crippen LogP contribution in [0.3, 0.4) is 0 Å². The molecule has 2 aliphatic heterocycles. The van der Waals surface area contributed by atoms with Gasteiger partial charge in [0.15, 0.2) is 0 Å². The Morgan fingerprint density at radius 2 is 1.49 bits per heavy atom. The van der Waals surface area contributed by atoms with Crippen LogP contribution < -0.4 is 20.4 Å². The molecule has 43 heavy (non-hydrogen) atoms. The molecule has 0 amide bonds. The Morgan fingerprint density at radius 3 is 2.07 bits per heavy atom. The van der Waals surface area contributed by atoms with Gasteiger partial charge in [0.25, 0.3) is 0 Å². The summed E-state index contributed by atoms with van der Waals surface area (Å²) >= 11 is 13.1. The molecule has 1 saturated heterocycles. The lowest BCUT2D eigenvalue weighted by Gasteiger charge is -2.38. The van der Waals surface area contributed by atoms with Gasteiger partial charge < -0.3 is 13.8 Å². The van der Waals surface area contributed by atoms with Crippen LogP contribution in [0.4, 0.5) is 0 Å². The third kappa shape index (κ3) is 6.34. The number of hydrogen-bond donors (Lipinski definition) is 1. The maximum absolute atomic E-state index is 14.6. The molecule has 0 bridgehead atoms. The highest BCUT2D eigenvalue weighted by atomic mass is 35.5. The van der Waals surface area contributed by atoms with E-state index in [4.69, 9.17) is 37.2 Å². The Bertz CT molecular complexity index is 1700. The summed E-state index contributed by atoms with van der Waals surface area (Å²) in [5.41, 5.74) is 2.47. The van der Waals surface area contributed by atoms with E-state index in [1.807, 2.05) is 93.6 Å². The van der Waals surface area contributed by atoms with Crippen LogP contribution in [0.2, 0.25) is 5.02 Å².